The van der Waals surface area contributed by atoms with E-state index in [0.29, 0.717) is 19.5 Å². The van der Waals surface area contributed by atoms with Gasteiger partial charge in [-0.2, -0.15) is 0 Å². The number of alkyl carbamates (subject to hydrolysis) is 1. The zero-order valence-corrected chi connectivity index (χ0v) is 18.1. The van der Waals surface area contributed by atoms with Crippen molar-refractivity contribution in [2.75, 3.05) is 26.2 Å². The van der Waals surface area contributed by atoms with Crippen molar-refractivity contribution in [2.24, 2.45) is 11.8 Å². The van der Waals surface area contributed by atoms with Gasteiger partial charge < -0.3 is 20.1 Å². The summed E-state index contributed by atoms with van der Waals surface area (Å²) in [6.45, 7) is 3.17. The lowest BCUT2D eigenvalue weighted by molar-refractivity contribution is -0.138. The third-order valence-electron chi connectivity index (χ3n) is 6.38. The van der Waals surface area contributed by atoms with E-state index in [-0.39, 0.29) is 43.2 Å². The summed E-state index contributed by atoms with van der Waals surface area (Å²) < 4.78 is 5.54. The summed E-state index contributed by atoms with van der Waals surface area (Å²) >= 11 is 0. The highest BCUT2D eigenvalue weighted by Crippen LogP contribution is 2.44. The normalized spacial score (nSPS) is 18.4. The second-order valence-corrected chi connectivity index (χ2v) is 8.37. The zero-order chi connectivity index (χ0) is 22.7. The van der Waals surface area contributed by atoms with Crippen LogP contribution in [0.4, 0.5) is 4.79 Å². The molecule has 0 bridgehead atoms. The number of rotatable bonds is 9. The molecule has 0 aromatic heterocycles. The molecule has 1 saturated carbocycles. The molecule has 32 heavy (non-hydrogen) atoms. The van der Waals surface area contributed by atoms with Crippen molar-refractivity contribution in [3.8, 4) is 11.1 Å². The highest BCUT2D eigenvalue weighted by atomic mass is 16.5. The average molecular weight is 437 g/mol. The van der Waals surface area contributed by atoms with E-state index in [2.05, 4.69) is 29.6 Å². The number of carbonyl (C=O) groups excluding carboxylic acids is 2. The van der Waals surface area contributed by atoms with E-state index in [0.717, 1.165) is 11.1 Å². The number of benzene rings is 2. The molecule has 7 heteroatoms. The standard InChI is InChI=1S/C25H28N2O5/c1-2-27(12-11-23(28)29)24(30)21-13-16(21)14-26-25(31)32-15-22-19-9-5-3-7-17(19)18-8-4-6-10-20(18)22/h3-10,16,21-22H,2,11-15H2,1H3,(H,26,31)(H,28,29). The van der Waals surface area contributed by atoms with Crippen molar-refractivity contribution in [1.29, 1.82) is 0 Å². The molecule has 168 valence electrons. The number of hydrogen-bond acceptors (Lipinski definition) is 4. The fourth-order valence-electron chi connectivity index (χ4n) is 4.53. The summed E-state index contributed by atoms with van der Waals surface area (Å²) in [4.78, 5) is 37.2. The molecule has 2 atom stereocenters. The Hall–Kier alpha value is -3.35. The molecule has 2 unspecified atom stereocenters. The molecule has 0 aliphatic heterocycles. The lowest BCUT2D eigenvalue weighted by atomic mass is 9.98. The number of fused-ring (bicyclic) bond motifs is 3. The van der Waals surface area contributed by atoms with Crippen LogP contribution in [0.3, 0.4) is 0 Å². The van der Waals surface area contributed by atoms with Gasteiger partial charge in [-0.3, -0.25) is 9.59 Å². The molecule has 0 radical (unpaired) electrons. The fraction of sp³-hybridized carbons (Fsp3) is 0.400. The highest BCUT2D eigenvalue weighted by Gasteiger charge is 2.44. The molecule has 2 aliphatic carbocycles. The SMILES string of the molecule is CCN(CCC(=O)O)C(=O)C1CC1CNC(=O)OCC1c2ccccc2-c2ccccc21. The number of amides is 2. The van der Waals surface area contributed by atoms with Crippen LogP contribution in [0.1, 0.15) is 36.8 Å². The first-order chi connectivity index (χ1) is 15.5. The van der Waals surface area contributed by atoms with Crippen LogP contribution in [0, 0.1) is 11.8 Å². The maximum Gasteiger partial charge on any atom is 0.407 e. The van der Waals surface area contributed by atoms with Crippen molar-refractivity contribution in [3.05, 3.63) is 59.7 Å². The van der Waals surface area contributed by atoms with E-state index in [9.17, 15) is 14.4 Å². The predicted octanol–water partition coefficient (Wildman–Crippen LogP) is 3.48. The second-order valence-electron chi connectivity index (χ2n) is 8.37. The van der Waals surface area contributed by atoms with Crippen LogP contribution in [0.2, 0.25) is 0 Å². The minimum Gasteiger partial charge on any atom is -0.481 e. The van der Waals surface area contributed by atoms with E-state index in [1.165, 1.54) is 11.1 Å². The van der Waals surface area contributed by atoms with Gasteiger partial charge in [0, 0.05) is 31.5 Å². The van der Waals surface area contributed by atoms with Gasteiger partial charge in [0.05, 0.1) is 6.42 Å². The van der Waals surface area contributed by atoms with Crippen LogP contribution in [0.25, 0.3) is 11.1 Å². The lowest BCUT2D eigenvalue weighted by Crippen LogP contribution is -2.35. The molecule has 7 nitrogen and oxygen atoms in total. The Balaban J connectivity index is 1.25. The van der Waals surface area contributed by atoms with E-state index < -0.39 is 12.1 Å². The van der Waals surface area contributed by atoms with Gasteiger partial charge >= 0.3 is 12.1 Å². The predicted molar refractivity (Wildman–Crippen MR) is 119 cm³/mol. The Bertz CT molecular complexity index is 975. The quantitative estimate of drug-likeness (QED) is 0.627. The summed E-state index contributed by atoms with van der Waals surface area (Å²) in [6, 6.07) is 16.4. The fourth-order valence-corrected chi connectivity index (χ4v) is 4.53. The molecule has 4 rings (SSSR count). The molecule has 2 aliphatic rings. The van der Waals surface area contributed by atoms with Gasteiger partial charge in [-0.05, 0) is 41.5 Å². The molecule has 2 aromatic carbocycles. The lowest BCUT2D eigenvalue weighted by Gasteiger charge is -2.20. The van der Waals surface area contributed by atoms with E-state index in [4.69, 9.17) is 9.84 Å². The minimum atomic E-state index is -0.916. The van der Waals surface area contributed by atoms with Crippen LogP contribution in [0.5, 0.6) is 0 Å². The first-order valence-corrected chi connectivity index (χ1v) is 11.1. The molecular formula is C25H28N2O5. The second kappa shape index (κ2) is 9.42. The molecule has 2 N–H and O–H groups in total. The van der Waals surface area contributed by atoms with Crippen molar-refractivity contribution >= 4 is 18.0 Å². The summed E-state index contributed by atoms with van der Waals surface area (Å²) in [7, 11) is 0. The van der Waals surface area contributed by atoms with Gasteiger partial charge in [0.1, 0.15) is 6.61 Å². The number of carboxylic acids is 1. The topological polar surface area (TPSA) is 95.9 Å². The monoisotopic (exact) mass is 436 g/mol. The van der Waals surface area contributed by atoms with Crippen molar-refractivity contribution in [1.82, 2.24) is 10.2 Å². The van der Waals surface area contributed by atoms with Gasteiger partial charge in [-0.25, -0.2) is 4.79 Å². The van der Waals surface area contributed by atoms with Crippen LogP contribution < -0.4 is 5.32 Å². The maximum atomic E-state index is 12.5. The number of nitrogens with one attached hydrogen (secondary N) is 1. The molecule has 2 amide bonds. The van der Waals surface area contributed by atoms with Gasteiger partial charge in [0.2, 0.25) is 5.91 Å². The Labute approximate surface area is 187 Å². The van der Waals surface area contributed by atoms with Crippen LogP contribution >= 0.6 is 0 Å². The molecular weight excluding hydrogens is 408 g/mol. The first-order valence-electron chi connectivity index (χ1n) is 11.1. The third kappa shape index (κ3) is 4.61. The molecule has 0 spiro atoms. The van der Waals surface area contributed by atoms with Crippen LogP contribution in [0.15, 0.2) is 48.5 Å². The number of hydrogen-bond donors (Lipinski definition) is 2. The van der Waals surface area contributed by atoms with Gasteiger partial charge in [0.25, 0.3) is 0 Å². The Morgan fingerprint density at radius 3 is 2.28 bits per heavy atom. The van der Waals surface area contributed by atoms with Crippen LogP contribution in [-0.4, -0.2) is 54.2 Å². The van der Waals surface area contributed by atoms with Crippen molar-refractivity contribution in [2.45, 2.75) is 25.7 Å². The van der Waals surface area contributed by atoms with E-state index >= 15 is 0 Å². The third-order valence-corrected chi connectivity index (χ3v) is 6.38. The van der Waals surface area contributed by atoms with Gasteiger partial charge in [0.15, 0.2) is 0 Å². The largest absolute Gasteiger partial charge is 0.481 e. The van der Waals surface area contributed by atoms with Gasteiger partial charge in [-0.1, -0.05) is 48.5 Å². The van der Waals surface area contributed by atoms with Crippen molar-refractivity contribution in [3.63, 3.8) is 0 Å². The number of carbonyl (C=O) groups is 3. The minimum absolute atomic E-state index is 0.00995. The number of carboxylic acid groups (broad SMARTS) is 1. The first kappa shape index (κ1) is 21.9. The smallest absolute Gasteiger partial charge is 0.407 e. The van der Waals surface area contributed by atoms with Crippen molar-refractivity contribution < 1.29 is 24.2 Å². The summed E-state index contributed by atoms with van der Waals surface area (Å²) in [5.74, 6) is -1.02. The maximum absolute atomic E-state index is 12.5. The summed E-state index contributed by atoms with van der Waals surface area (Å²) in [5.41, 5.74) is 4.69. The van der Waals surface area contributed by atoms with Gasteiger partial charge in [-0.15, -0.1) is 0 Å². The Morgan fingerprint density at radius 1 is 1.06 bits per heavy atom. The molecule has 2 aromatic rings. The summed E-state index contributed by atoms with van der Waals surface area (Å²) in [5, 5.41) is 11.6. The highest BCUT2D eigenvalue weighted by molar-refractivity contribution is 5.82. The zero-order valence-electron chi connectivity index (χ0n) is 18.1. The average Bonchev–Trinajstić information content (AvgIpc) is 3.51. The van der Waals surface area contributed by atoms with Crippen LogP contribution in [-0.2, 0) is 14.3 Å². The Morgan fingerprint density at radius 2 is 1.69 bits per heavy atom. The number of ether oxygens (including phenoxy) is 1. The number of aliphatic carboxylic acids is 1. The molecule has 0 saturated heterocycles. The summed E-state index contributed by atoms with van der Waals surface area (Å²) in [6.07, 6.45) is 0.157. The Kier molecular flexibility index (Phi) is 6.44. The molecule has 1 fully saturated rings. The van der Waals surface area contributed by atoms with E-state index in [1.54, 1.807) is 4.90 Å². The van der Waals surface area contributed by atoms with E-state index in [1.807, 2.05) is 31.2 Å². The molecule has 0 heterocycles. The number of nitrogens with zero attached hydrogens (tertiary/aromatic N) is 1.